The smallest absolute Gasteiger partial charge is 0.106 e. The van der Waals surface area contributed by atoms with Gasteiger partial charge < -0.3 is 11.1 Å². The first kappa shape index (κ1) is 10.6. The molecule has 2 aromatic carbocycles. The average molecular weight is 228 g/mol. The third kappa shape index (κ3) is 2.38. The topological polar surface area (TPSA) is 38.0 Å². The van der Waals surface area contributed by atoms with Crippen LogP contribution in [0.15, 0.2) is 54.6 Å². The second-order valence-electron chi connectivity index (χ2n) is 3.40. The molecule has 0 radical (unpaired) electrons. The van der Waals surface area contributed by atoms with Crippen LogP contribution >= 0.6 is 12.2 Å². The number of rotatable bonds is 3. The molecular formula is C13H12N2S. The molecule has 0 unspecified atom stereocenters. The van der Waals surface area contributed by atoms with Gasteiger partial charge in [0.1, 0.15) is 4.99 Å². The highest BCUT2D eigenvalue weighted by Crippen LogP contribution is 2.20. The second kappa shape index (κ2) is 4.77. The van der Waals surface area contributed by atoms with E-state index in [0.29, 0.717) is 4.99 Å². The molecule has 2 aromatic rings. The molecule has 0 saturated heterocycles. The van der Waals surface area contributed by atoms with E-state index in [1.54, 1.807) is 0 Å². The molecule has 3 N–H and O–H groups in total. The summed E-state index contributed by atoms with van der Waals surface area (Å²) in [6.07, 6.45) is 0. The van der Waals surface area contributed by atoms with Crippen LogP contribution in [0.2, 0.25) is 0 Å². The van der Waals surface area contributed by atoms with Gasteiger partial charge in [-0.25, -0.2) is 0 Å². The van der Waals surface area contributed by atoms with Crippen molar-refractivity contribution in [2.75, 3.05) is 5.32 Å². The molecule has 0 atom stereocenters. The Bertz CT molecular complexity index is 494. The maximum atomic E-state index is 5.66. The molecule has 0 spiro atoms. The lowest BCUT2D eigenvalue weighted by atomic mass is 10.1. The molecule has 16 heavy (non-hydrogen) atoms. The number of thiocarbonyl (C=S) groups is 1. The van der Waals surface area contributed by atoms with Gasteiger partial charge in [-0.2, -0.15) is 0 Å². The van der Waals surface area contributed by atoms with E-state index in [9.17, 15) is 0 Å². The van der Waals surface area contributed by atoms with Gasteiger partial charge in [-0.05, 0) is 24.3 Å². The van der Waals surface area contributed by atoms with E-state index in [-0.39, 0.29) is 0 Å². The van der Waals surface area contributed by atoms with Crippen molar-refractivity contribution < 1.29 is 0 Å². The molecule has 0 aliphatic heterocycles. The van der Waals surface area contributed by atoms with Crippen molar-refractivity contribution in [2.45, 2.75) is 0 Å². The Morgan fingerprint density at radius 2 is 1.56 bits per heavy atom. The Hall–Kier alpha value is -1.87. The van der Waals surface area contributed by atoms with Crippen LogP contribution < -0.4 is 11.1 Å². The number of nitrogens with two attached hydrogens (primary N) is 1. The molecule has 3 heteroatoms. The van der Waals surface area contributed by atoms with Gasteiger partial charge in [-0.15, -0.1) is 0 Å². The SMILES string of the molecule is NC(=S)c1ccccc1Nc1ccccc1. The van der Waals surface area contributed by atoms with Crippen LogP contribution in [-0.2, 0) is 0 Å². The minimum atomic E-state index is 0.402. The summed E-state index contributed by atoms with van der Waals surface area (Å²) in [5.74, 6) is 0. The van der Waals surface area contributed by atoms with E-state index in [4.69, 9.17) is 18.0 Å². The summed E-state index contributed by atoms with van der Waals surface area (Å²) < 4.78 is 0. The highest BCUT2D eigenvalue weighted by molar-refractivity contribution is 7.80. The molecule has 0 bridgehead atoms. The fourth-order valence-electron chi connectivity index (χ4n) is 1.48. The van der Waals surface area contributed by atoms with Gasteiger partial charge >= 0.3 is 0 Å². The fraction of sp³-hybridized carbons (Fsp3) is 0. The van der Waals surface area contributed by atoms with Crippen LogP contribution in [0.1, 0.15) is 5.56 Å². The summed E-state index contributed by atoms with van der Waals surface area (Å²) in [6.45, 7) is 0. The monoisotopic (exact) mass is 228 g/mol. The minimum absolute atomic E-state index is 0.402. The molecule has 80 valence electrons. The number of para-hydroxylation sites is 2. The molecule has 0 fully saturated rings. The molecule has 2 rings (SSSR count). The van der Waals surface area contributed by atoms with Gasteiger partial charge in [-0.3, -0.25) is 0 Å². The van der Waals surface area contributed by atoms with E-state index in [0.717, 1.165) is 16.9 Å². The van der Waals surface area contributed by atoms with E-state index in [1.165, 1.54) is 0 Å². The van der Waals surface area contributed by atoms with Crippen LogP contribution in [0.5, 0.6) is 0 Å². The highest BCUT2D eigenvalue weighted by atomic mass is 32.1. The largest absolute Gasteiger partial charge is 0.389 e. The van der Waals surface area contributed by atoms with Crippen LogP contribution in [0.25, 0.3) is 0 Å². The number of hydrogen-bond donors (Lipinski definition) is 2. The van der Waals surface area contributed by atoms with Crippen molar-refractivity contribution in [1.29, 1.82) is 0 Å². The Morgan fingerprint density at radius 1 is 0.938 bits per heavy atom. The van der Waals surface area contributed by atoms with E-state index < -0.39 is 0 Å². The lowest BCUT2D eigenvalue weighted by Crippen LogP contribution is -2.11. The average Bonchev–Trinajstić information content (AvgIpc) is 2.31. The molecule has 0 aromatic heterocycles. The molecule has 0 aliphatic rings. The van der Waals surface area contributed by atoms with Crippen molar-refractivity contribution in [1.82, 2.24) is 0 Å². The first-order valence-electron chi connectivity index (χ1n) is 4.98. The Kier molecular flexibility index (Phi) is 3.17. The van der Waals surface area contributed by atoms with E-state index in [1.807, 2.05) is 54.6 Å². The molecule has 2 nitrogen and oxygen atoms in total. The van der Waals surface area contributed by atoms with Crippen LogP contribution in [0, 0.1) is 0 Å². The standard InChI is InChI=1S/C13H12N2S/c14-13(16)11-8-4-5-9-12(11)15-10-6-2-1-3-7-10/h1-9,15H,(H2,14,16). The number of benzene rings is 2. The fourth-order valence-corrected chi connectivity index (χ4v) is 1.66. The summed E-state index contributed by atoms with van der Waals surface area (Å²) in [6, 6.07) is 17.7. The van der Waals surface area contributed by atoms with Crippen molar-refractivity contribution in [3.63, 3.8) is 0 Å². The van der Waals surface area contributed by atoms with Crippen LogP contribution in [0.4, 0.5) is 11.4 Å². The van der Waals surface area contributed by atoms with Crippen molar-refractivity contribution >= 4 is 28.6 Å². The van der Waals surface area contributed by atoms with Crippen molar-refractivity contribution in [2.24, 2.45) is 5.73 Å². The lowest BCUT2D eigenvalue weighted by molar-refractivity contribution is 1.52. The first-order chi connectivity index (χ1) is 7.77. The second-order valence-corrected chi connectivity index (χ2v) is 3.84. The predicted molar refractivity (Wildman–Crippen MR) is 72.1 cm³/mol. The maximum absolute atomic E-state index is 5.66. The Morgan fingerprint density at radius 3 is 2.25 bits per heavy atom. The molecule has 0 amide bonds. The third-order valence-electron chi connectivity index (χ3n) is 2.25. The minimum Gasteiger partial charge on any atom is -0.389 e. The Balaban J connectivity index is 2.31. The zero-order valence-electron chi connectivity index (χ0n) is 8.68. The summed E-state index contributed by atoms with van der Waals surface area (Å²) in [5.41, 5.74) is 8.47. The first-order valence-corrected chi connectivity index (χ1v) is 5.39. The third-order valence-corrected chi connectivity index (χ3v) is 2.47. The normalized spacial score (nSPS) is 9.75. The van der Waals surface area contributed by atoms with Crippen LogP contribution in [0.3, 0.4) is 0 Å². The lowest BCUT2D eigenvalue weighted by Gasteiger charge is -2.10. The number of hydrogen-bond acceptors (Lipinski definition) is 2. The van der Waals surface area contributed by atoms with Gasteiger partial charge in [0.05, 0.1) is 0 Å². The zero-order chi connectivity index (χ0) is 11.4. The molecule has 0 saturated carbocycles. The highest BCUT2D eigenvalue weighted by Gasteiger charge is 2.03. The summed E-state index contributed by atoms with van der Waals surface area (Å²) in [5, 5.41) is 3.29. The Labute approximate surface area is 100 Å². The molecule has 0 heterocycles. The predicted octanol–water partition coefficient (Wildman–Crippen LogP) is 3.06. The van der Waals surface area contributed by atoms with Crippen LogP contribution in [-0.4, -0.2) is 4.99 Å². The van der Waals surface area contributed by atoms with Crippen molar-refractivity contribution in [3.05, 3.63) is 60.2 Å². The van der Waals surface area contributed by atoms with Crippen molar-refractivity contribution in [3.8, 4) is 0 Å². The maximum Gasteiger partial charge on any atom is 0.106 e. The quantitative estimate of drug-likeness (QED) is 0.793. The van der Waals surface area contributed by atoms with Gasteiger partial charge in [0.25, 0.3) is 0 Å². The van der Waals surface area contributed by atoms with Gasteiger partial charge in [0.2, 0.25) is 0 Å². The van der Waals surface area contributed by atoms with E-state index in [2.05, 4.69) is 5.32 Å². The molecule has 0 aliphatic carbocycles. The van der Waals surface area contributed by atoms with Gasteiger partial charge in [0, 0.05) is 16.9 Å². The van der Waals surface area contributed by atoms with E-state index >= 15 is 0 Å². The number of anilines is 2. The number of nitrogens with one attached hydrogen (secondary N) is 1. The molecular weight excluding hydrogens is 216 g/mol. The van der Waals surface area contributed by atoms with Gasteiger partial charge in [-0.1, -0.05) is 42.5 Å². The van der Waals surface area contributed by atoms with Gasteiger partial charge in [0.15, 0.2) is 0 Å². The summed E-state index contributed by atoms with van der Waals surface area (Å²) >= 11 is 5.00. The zero-order valence-corrected chi connectivity index (χ0v) is 9.50. The summed E-state index contributed by atoms with van der Waals surface area (Å²) in [7, 11) is 0. The summed E-state index contributed by atoms with van der Waals surface area (Å²) in [4.78, 5) is 0.402.